The quantitative estimate of drug-likeness (QED) is 0.752. The summed E-state index contributed by atoms with van der Waals surface area (Å²) in [6, 6.07) is 1.51. The summed E-state index contributed by atoms with van der Waals surface area (Å²) in [6.07, 6.45) is 2.20. The lowest BCUT2D eigenvalue weighted by Crippen LogP contribution is -2.35. The van der Waals surface area contributed by atoms with Crippen LogP contribution in [0.2, 0.25) is 5.15 Å². The molecule has 86 valence electrons. The molecule has 1 saturated heterocycles. The van der Waals surface area contributed by atoms with Crippen molar-refractivity contribution in [2.24, 2.45) is 0 Å². The van der Waals surface area contributed by atoms with Gasteiger partial charge in [0.25, 0.3) is 5.91 Å². The molecule has 3 N–H and O–H groups in total. The highest BCUT2D eigenvalue weighted by Gasteiger charge is 2.20. The first kappa shape index (κ1) is 11.2. The lowest BCUT2D eigenvalue weighted by atomic mass is 10.2. The summed E-state index contributed by atoms with van der Waals surface area (Å²) in [4.78, 5) is 15.6. The number of amides is 1. The van der Waals surface area contributed by atoms with E-state index in [4.69, 9.17) is 22.1 Å². The number of rotatable bonds is 2. The lowest BCUT2D eigenvalue weighted by Gasteiger charge is -2.11. The minimum absolute atomic E-state index is 0.0545. The number of nitrogens with zero attached hydrogens (tertiary/aromatic N) is 1. The number of hydrogen-bond donors (Lipinski definition) is 2. The van der Waals surface area contributed by atoms with E-state index in [1.807, 2.05) is 0 Å². The van der Waals surface area contributed by atoms with Gasteiger partial charge in [-0.3, -0.25) is 4.79 Å². The van der Waals surface area contributed by atoms with Gasteiger partial charge in [-0.2, -0.15) is 0 Å². The largest absolute Gasteiger partial charge is 0.397 e. The van der Waals surface area contributed by atoms with Gasteiger partial charge in [0.05, 0.1) is 30.1 Å². The molecule has 5 nitrogen and oxygen atoms in total. The number of hydrogen-bond acceptors (Lipinski definition) is 4. The topological polar surface area (TPSA) is 77.2 Å². The molecule has 0 spiro atoms. The minimum atomic E-state index is -0.239. The Morgan fingerprint density at radius 1 is 1.69 bits per heavy atom. The third-order valence-electron chi connectivity index (χ3n) is 2.41. The first-order valence-electron chi connectivity index (χ1n) is 4.96. The molecule has 1 amide bonds. The minimum Gasteiger partial charge on any atom is -0.397 e. The number of ether oxygens (including phenoxy) is 1. The van der Waals surface area contributed by atoms with E-state index in [9.17, 15) is 4.79 Å². The summed E-state index contributed by atoms with van der Waals surface area (Å²) < 4.78 is 5.16. The van der Waals surface area contributed by atoms with Crippen LogP contribution in [0.1, 0.15) is 16.8 Å². The molecule has 1 atom stereocenters. The van der Waals surface area contributed by atoms with Crippen LogP contribution >= 0.6 is 11.6 Å². The summed E-state index contributed by atoms with van der Waals surface area (Å²) in [5.74, 6) is -0.239. The summed E-state index contributed by atoms with van der Waals surface area (Å²) >= 11 is 5.71. The molecule has 0 radical (unpaired) electrons. The fourth-order valence-electron chi connectivity index (χ4n) is 1.55. The SMILES string of the molecule is Nc1cnc(Cl)cc1C(=O)NC1CCOC1. The number of carbonyl (C=O) groups excluding carboxylic acids is 1. The number of pyridine rings is 1. The number of anilines is 1. The van der Waals surface area contributed by atoms with E-state index < -0.39 is 0 Å². The van der Waals surface area contributed by atoms with E-state index in [1.165, 1.54) is 12.3 Å². The van der Waals surface area contributed by atoms with Gasteiger partial charge >= 0.3 is 0 Å². The Balaban J connectivity index is 2.10. The van der Waals surface area contributed by atoms with Gasteiger partial charge in [-0.15, -0.1) is 0 Å². The van der Waals surface area contributed by atoms with Gasteiger partial charge in [0, 0.05) is 6.61 Å². The Labute approximate surface area is 97.9 Å². The van der Waals surface area contributed by atoms with Gasteiger partial charge in [-0.1, -0.05) is 11.6 Å². The zero-order valence-electron chi connectivity index (χ0n) is 8.57. The number of nitrogens with two attached hydrogens (primary N) is 1. The Bertz CT molecular complexity index is 405. The van der Waals surface area contributed by atoms with E-state index in [0.717, 1.165) is 6.42 Å². The normalized spacial score (nSPS) is 19.7. The van der Waals surface area contributed by atoms with Crippen LogP contribution in [-0.2, 0) is 4.74 Å². The van der Waals surface area contributed by atoms with Crippen LogP contribution in [-0.4, -0.2) is 30.1 Å². The van der Waals surface area contributed by atoms with E-state index in [-0.39, 0.29) is 17.1 Å². The van der Waals surface area contributed by atoms with Crippen molar-refractivity contribution in [2.75, 3.05) is 18.9 Å². The molecule has 2 rings (SSSR count). The highest BCUT2D eigenvalue weighted by molar-refractivity contribution is 6.29. The Hall–Kier alpha value is -1.33. The zero-order chi connectivity index (χ0) is 11.5. The average Bonchev–Trinajstić information content (AvgIpc) is 2.74. The second kappa shape index (κ2) is 4.67. The zero-order valence-corrected chi connectivity index (χ0v) is 9.33. The fraction of sp³-hybridized carbons (Fsp3) is 0.400. The maximum absolute atomic E-state index is 11.8. The maximum Gasteiger partial charge on any atom is 0.253 e. The monoisotopic (exact) mass is 241 g/mol. The van der Waals surface area contributed by atoms with Crippen LogP contribution in [0, 0.1) is 0 Å². The number of nitrogens with one attached hydrogen (secondary N) is 1. The lowest BCUT2D eigenvalue weighted by molar-refractivity contribution is 0.0930. The van der Waals surface area contributed by atoms with Crippen LogP contribution in [0.4, 0.5) is 5.69 Å². The summed E-state index contributed by atoms with van der Waals surface area (Å²) in [7, 11) is 0. The van der Waals surface area contributed by atoms with Crippen molar-refractivity contribution < 1.29 is 9.53 Å². The number of carbonyl (C=O) groups is 1. The molecule has 1 aliphatic heterocycles. The Morgan fingerprint density at radius 2 is 2.50 bits per heavy atom. The molecule has 1 aliphatic rings. The van der Waals surface area contributed by atoms with Crippen LogP contribution in [0.3, 0.4) is 0 Å². The molecule has 1 unspecified atom stereocenters. The second-order valence-electron chi connectivity index (χ2n) is 3.63. The molecule has 2 heterocycles. The fourth-order valence-corrected chi connectivity index (χ4v) is 1.71. The summed E-state index contributed by atoms with van der Waals surface area (Å²) in [6.45, 7) is 1.22. The molecule has 0 aliphatic carbocycles. The molecule has 0 bridgehead atoms. The van der Waals surface area contributed by atoms with Gasteiger partial charge in [0.15, 0.2) is 0 Å². The first-order chi connectivity index (χ1) is 7.66. The van der Waals surface area contributed by atoms with Gasteiger partial charge in [0.1, 0.15) is 5.15 Å². The predicted molar refractivity (Wildman–Crippen MR) is 60.3 cm³/mol. The van der Waals surface area contributed by atoms with Gasteiger partial charge in [-0.25, -0.2) is 4.98 Å². The average molecular weight is 242 g/mol. The summed E-state index contributed by atoms with van der Waals surface area (Å²) in [5.41, 5.74) is 6.33. The van der Waals surface area contributed by atoms with Crippen LogP contribution in [0.5, 0.6) is 0 Å². The molecular weight excluding hydrogens is 230 g/mol. The molecule has 1 aromatic heterocycles. The number of halogens is 1. The van der Waals surface area contributed by atoms with Crippen molar-refractivity contribution in [3.05, 3.63) is 23.0 Å². The van der Waals surface area contributed by atoms with E-state index in [1.54, 1.807) is 0 Å². The maximum atomic E-state index is 11.8. The Kier molecular flexibility index (Phi) is 3.26. The Morgan fingerprint density at radius 3 is 3.19 bits per heavy atom. The first-order valence-corrected chi connectivity index (χ1v) is 5.34. The third kappa shape index (κ3) is 2.43. The van der Waals surface area contributed by atoms with Crippen LogP contribution < -0.4 is 11.1 Å². The van der Waals surface area contributed by atoms with Gasteiger partial charge in [-0.05, 0) is 12.5 Å². The van der Waals surface area contributed by atoms with Crippen LogP contribution in [0.15, 0.2) is 12.3 Å². The predicted octanol–water partition coefficient (Wildman–Crippen LogP) is 0.836. The number of nitrogen functional groups attached to an aromatic ring is 1. The number of aromatic nitrogens is 1. The molecule has 16 heavy (non-hydrogen) atoms. The van der Waals surface area contributed by atoms with Crippen molar-refractivity contribution in [1.29, 1.82) is 0 Å². The van der Waals surface area contributed by atoms with Crippen molar-refractivity contribution in [3.8, 4) is 0 Å². The molecule has 0 aromatic carbocycles. The van der Waals surface area contributed by atoms with Gasteiger partial charge in [0.2, 0.25) is 0 Å². The molecule has 6 heteroatoms. The smallest absolute Gasteiger partial charge is 0.253 e. The van der Waals surface area contributed by atoms with E-state index in [0.29, 0.717) is 24.5 Å². The molecule has 0 saturated carbocycles. The standard InChI is InChI=1S/C10H12ClN3O2/c11-9-3-7(8(12)4-13-9)10(15)14-6-1-2-16-5-6/h3-4,6H,1-2,5,12H2,(H,14,15). The van der Waals surface area contributed by atoms with Crippen molar-refractivity contribution >= 4 is 23.2 Å². The second-order valence-corrected chi connectivity index (χ2v) is 4.02. The highest BCUT2D eigenvalue weighted by Crippen LogP contribution is 2.15. The van der Waals surface area contributed by atoms with E-state index in [2.05, 4.69) is 10.3 Å². The highest BCUT2D eigenvalue weighted by atomic mass is 35.5. The van der Waals surface area contributed by atoms with Crippen molar-refractivity contribution in [3.63, 3.8) is 0 Å². The molecular formula is C10H12ClN3O2. The summed E-state index contributed by atoms with van der Waals surface area (Å²) in [5, 5.41) is 3.08. The molecule has 1 aromatic rings. The van der Waals surface area contributed by atoms with Crippen molar-refractivity contribution in [2.45, 2.75) is 12.5 Å². The molecule has 1 fully saturated rings. The van der Waals surface area contributed by atoms with Crippen molar-refractivity contribution in [1.82, 2.24) is 10.3 Å². The van der Waals surface area contributed by atoms with E-state index >= 15 is 0 Å². The van der Waals surface area contributed by atoms with Gasteiger partial charge < -0.3 is 15.8 Å². The third-order valence-corrected chi connectivity index (χ3v) is 2.62. The van der Waals surface area contributed by atoms with Crippen LogP contribution in [0.25, 0.3) is 0 Å².